The predicted octanol–water partition coefficient (Wildman–Crippen LogP) is 4.45. The van der Waals surface area contributed by atoms with Crippen LogP contribution in [0.1, 0.15) is 43.9 Å². The summed E-state index contributed by atoms with van der Waals surface area (Å²) in [6.07, 6.45) is 2.47. The van der Waals surface area contributed by atoms with Gasteiger partial charge in [0.1, 0.15) is 0 Å². The second kappa shape index (κ2) is 6.41. The average molecular weight is 284 g/mol. The minimum Gasteiger partial charge on any atom is -0.313 e. The molecule has 0 spiro atoms. The number of rotatable bonds is 5. The van der Waals surface area contributed by atoms with Gasteiger partial charge in [0.25, 0.3) is 0 Å². The third-order valence-electron chi connectivity index (χ3n) is 2.99. The lowest BCUT2D eigenvalue weighted by Crippen LogP contribution is -2.18. The van der Waals surface area contributed by atoms with Crippen molar-refractivity contribution in [2.24, 2.45) is 5.92 Å². The Balaban J connectivity index is 2.78. The molecule has 0 aliphatic rings. The molecule has 0 aliphatic carbocycles. The average Bonchev–Trinajstić information content (AvgIpc) is 2.21. The number of benzene rings is 1. The minimum atomic E-state index is 0.482. The SMILES string of the molecule is CNC(CCC(C)C)c1ccc(Br)cc1C. The van der Waals surface area contributed by atoms with Crippen LogP contribution in [-0.2, 0) is 0 Å². The molecule has 1 aromatic rings. The lowest BCUT2D eigenvalue weighted by atomic mass is 9.95. The normalized spacial score (nSPS) is 13.1. The summed E-state index contributed by atoms with van der Waals surface area (Å²) in [5.74, 6) is 0.770. The molecule has 1 N–H and O–H groups in total. The van der Waals surface area contributed by atoms with E-state index in [1.807, 2.05) is 7.05 Å². The number of hydrogen-bond donors (Lipinski definition) is 1. The van der Waals surface area contributed by atoms with Gasteiger partial charge in [-0.05, 0) is 56.0 Å². The second-order valence-corrected chi connectivity index (χ2v) is 5.73. The van der Waals surface area contributed by atoms with E-state index in [2.05, 4.69) is 60.2 Å². The lowest BCUT2D eigenvalue weighted by molar-refractivity contribution is 0.464. The topological polar surface area (TPSA) is 12.0 Å². The Morgan fingerprint density at radius 3 is 2.44 bits per heavy atom. The fraction of sp³-hybridized carbons (Fsp3) is 0.571. The van der Waals surface area contributed by atoms with Crippen LogP contribution in [0, 0.1) is 12.8 Å². The van der Waals surface area contributed by atoms with E-state index in [4.69, 9.17) is 0 Å². The van der Waals surface area contributed by atoms with Gasteiger partial charge in [-0.25, -0.2) is 0 Å². The summed E-state index contributed by atoms with van der Waals surface area (Å²) in [5.41, 5.74) is 2.78. The smallest absolute Gasteiger partial charge is 0.0320 e. The Kier molecular flexibility index (Phi) is 5.50. The standard InChI is InChI=1S/C14H22BrN/c1-10(2)5-8-14(16-4)13-7-6-12(15)9-11(13)3/h6-7,9-10,14,16H,5,8H2,1-4H3. The molecular formula is C14H22BrN. The van der Waals surface area contributed by atoms with E-state index in [9.17, 15) is 0 Å². The van der Waals surface area contributed by atoms with Gasteiger partial charge in [0, 0.05) is 10.5 Å². The molecule has 1 atom stereocenters. The first-order valence-electron chi connectivity index (χ1n) is 5.98. The van der Waals surface area contributed by atoms with Crippen LogP contribution < -0.4 is 5.32 Å². The third kappa shape index (κ3) is 3.91. The zero-order valence-electron chi connectivity index (χ0n) is 10.7. The molecule has 1 rings (SSSR count). The molecule has 16 heavy (non-hydrogen) atoms. The van der Waals surface area contributed by atoms with Crippen molar-refractivity contribution in [1.29, 1.82) is 0 Å². The summed E-state index contributed by atoms with van der Waals surface area (Å²) < 4.78 is 1.16. The number of nitrogens with one attached hydrogen (secondary N) is 1. The van der Waals surface area contributed by atoms with Crippen LogP contribution in [0.2, 0.25) is 0 Å². The molecule has 0 saturated carbocycles. The lowest BCUT2D eigenvalue weighted by Gasteiger charge is -2.20. The summed E-state index contributed by atoms with van der Waals surface area (Å²) >= 11 is 3.51. The molecule has 0 amide bonds. The highest BCUT2D eigenvalue weighted by molar-refractivity contribution is 9.10. The molecular weight excluding hydrogens is 262 g/mol. The fourth-order valence-corrected chi connectivity index (χ4v) is 2.46. The Labute approximate surface area is 108 Å². The van der Waals surface area contributed by atoms with Crippen LogP contribution in [-0.4, -0.2) is 7.05 Å². The van der Waals surface area contributed by atoms with Crippen molar-refractivity contribution in [3.63, 3.8) is 0 Å². The van der Waals surface area contributed by atoms with E-state index < -0.39 is 0 Å². The molecule has 0 heterocycles. The first-order valence-corrected chi connectivity index (χ1v) is 6.77. The van der Waals surface area contributed by atoms with Crippen LogP contribution in [0.15, 0.2) is 22.7 Å². The van der Waals surface area contributed by atoms with E-state index in [0.717, 1.165) is 10.4 Å². The maximum Gasteiger partial charge on any atom is 0.0320 e. The molecule has 2 heteroatoms. The van der Waals surface area contributed by atoms with E-state index in [-0.39, 0.29) is 0 Å². The highest BCUT2D eigenvalue weighted by Gasteiger charge is 2.12. The zero-order chi connectivity index (χ0) is 12.1. The van der Waals surface area contributed by atoms with Gasteiger partial charge < -0.3 is 5.32 Å². The summed E-state index contributed by atoms with van der Waals surface area (Å²) in [4.78, 5) is 0. The highest BCUT2D eigenvalue weighted by Crippen LogP contribution is 2.25. The Hall–Kier alpha value is -0.340. The zero-order valence-corrected chi connectivity index (χ0v) is 12.3. The van der Waals surface area contributed by atoms with Gasteiger partial charge in [0.05, 0.1) is 0 Å². The first-order chi connectivity index (χ1) is 7.54. The Bertz CT molecular complexity index is 334. The third-order valence-corrected chi connectivity index (χ3v) is 3.48. The summed E-state index contributed by atoms with van der Waals surface area (Å²) in [6.45, 7) is 6.74. The molecule has 0 saturated heterocycles. The Morgan fingerprint density at radius 2 is 1.94 bits per heavy atom. The van der Waals surface area contributed by atoms with Crippen molar-refractivity contribution < 1.29 is 0 Å². The van der Waals surface area contributed by atoms with Gasteiger partial charge >= 0.3 is 0 Å². The van der Waals surface area contributed by atoms with Crippen molar-refractivity contribution in [1.82, 2.24) is 5.32 Å². The molecule has 0 fully saturated rings. The first kappa shape index (κ1) is 13.7. The molecule has 0 bridgehead atoms. The van der Waals surface area contributed by atoms with Crippen LogP contribution in [0.3, 0.4) is 0 Å². The summed E-state index contributed by atoms with van der Waals surface area (Å²) in [7, 11) is 2.05. The van der Waals surface area contributed by atoms with E-state index >= 15 is 0 Å². The van der Waals surface area contributed by atoms with Gasteiger partial charge in [-0.3, -0.25) is 0 Å². The van der Waals surface area contributed by atoms with E-state index in [1.165, 1.54) is 24.0 Å². The van der Waals surface area contributed by atoms with Crippen LogP contribution in [0.5, 0.6) is 0 Å². The van der Waals surface area contributed by atoms with Gasteiger partial charge in [-0.2, -0.15) is 0 Å². The molecule has 1 nitrogen and oxygen atoms in total. The summed E-state index contributed by atoms with van der Waals surface area (Å²) in [6, 6.07) is 7.02. The van der Waals surface area contributed by atoms with E-state index in [0.29, 0.717) is 6.04 Å². The van der Waals surface area contributed by atoms with Gasteiger partial charge in [-0.15, -0.1) is 0 Å². The predicted molar refractivity (Wildman–Crippen MR) is 74.8 cm³/mol. The molecule has 0 aromatic heterocycles. The Morgan fingerprint density at radius 1 is 1.25 bits per heavy atom. The number of halogens is 1. The van der Waals surface area contributed by atoms with E-state index in [1.54, 1.807) is 0 Å². The van der Waals surface area contributed by atoms with Crippen molar-refractivity contribution >= 4 is 15.9 Å². The van der Waals surface area contributed by atoms with Gasteiger partial charge in [0.2, 0.25) is 0 Å². The van der Waals surface area contributed by atoms with Crippen molar-refractivity contribution in [3.8, 4) is 0 Å². The minimum absolute atomic E-state index is 0.482. The maximum absolute atomic E-state index is 3.51. The summed E-state index contributed by atoms with van der Waals surface area (Å²) in [5, 5.41) is 3.42. The number of aryl methyl sites for hydroxylation is 1. The second-order valence-electron chi connectivity index (χ2n) is 4.81. The van der Waals surface area contributed by atoms with Crippen molar-refractivity contribution in [2.75, 3.05) is 7.05 Å². The molecule has 1 aromatic carbocycles. The molecule has 0 aliphatic heterocycles. The monoisotopic (exact) mass is 283 g/mol. The highest BCUT2D eigenvalue weighted by atomic mass is 79.9. The number of hydrogen-bond acceptors (Lipinski definition) is 1. The maximum atomic E-state index is 3.51. The van der Waals surface area contributed by atoms with Gasteiger partial charge in [0.15, 0.2) is 0 Å². The molecule has 1 unspecified atom stereocenters. The van der Waals surface area contributed by atoms with Crippen LogP contribution in [0.4, 0.5) is 0 Å². The van der Waals surface area contributed by atoms with Crippen molar-refractivity contribution in [2.45, 2.75) is 39.7 Å². The van der Waals surface area contributed by atoms with Crippen LogP contribution >= 0.6 is 15.9 Å². The quantitative estimate of drug-likeness (QED) is 0.842. The molecule has 90 valence electrons. The van der Waals surface area contributed by atoms with Crippen LogP contribution in [0.25, 0.3) is 0 Å². The largest absolute Gasteiger partial charge is 0.313 e. The van der Waals surface area contributed by atoms with Crippen molar-refractivity contribution in [3.05, 3.63) is 33.8 Å². The van der Waals surface area contributed by atoms with Gasteiger partial charge in [-0.1, -0.05) is 35.8 Å². The fourth-order valence-electron chi connectivity index (χ4n) is 1.99. The molecule has 0 radical (unpaired) electrons.